The van der Waals surface area contributed by atoms with Crippen molar-refractivity contribution in [3.8, 4) is 17.0 Å². The minimum atomic E-state index is -1.72. The number of aromatic nitrogens is 1. The van der Waals surface area contributed by atoms with E-state index < -0.39 is 24.6 Å². The smallest absolute Gasteiger partial charge is 0.347 e. The van der Waals surface area contributed by atoms with Gasteiger partial charge in [0.15, 0.2) is 0 Å². The molecule has 0 amide bonds. The molecule has 0 bridgehead atoms. The highest BCUT2D eigenvalue weighted by Gasteiger charge is 2.22. The Morgan fingerprint density at radius 2 is 2.30 bits per heavy atom. The van der Waals surface area contributed by atoms with Crippen molar-refractivity contribution in [3.05, 3.63) is 34.8 Å². The van der Waals surface area contributed by atoms with Crippen molar-refractivity contribution < 1.29 is 27.9 Å². The van der Waals surface area contributed by atoms with E-state index in [2.05, 4.69) is 25.6 Å². The Bertz CT molecular complexity index is 618. The molecule has 8 heteroatoms. The van der Waals surface area contributed by atoms with Crippen molar-refractivity contribution in [1.29, 1.82) is 0 Å². The van der Waals surface area contributed by atoms with Gasteiger partial charge in [-0.05, 0) is 22.0 Å². The van der Waals surface area contributed by atoms with E-state index in [4.69, 9.17) is 9.84 Å². The maximum absolute atomic E-state index is 13.5. The lowest BCUT2D eigenvalue weighted by molar-refractivity contribution is -0.145. The third kappa shape index (κ3) is 2.96. The summed E-state index contributed by atoms with van der Waals surface area (Å²) in [6.45, 7) is -1.24. The number of ether oxygens (including phenoxy) is 1. The zero-order valence-electron chi connectivity index (χ0n) is 9.85. The lowest BCUT2D eigenvalue weighted by Crippen LogP contribution is -2.29. The predicted octanol–water partition coefficient (Wildman–Crippen LogP) is 3.04. The van der Waals surface area contributed by atoms with Gasteiger partial charge in [0.25, 0.3) is 0 Å². The molecule has 0 aliphatic heterocycles. The van der Waals surface area contributed by atoms with Crippen LogP contribution in [0.15, 0.2) is 33.5 Å². The molecule has 0 unspecified atom stereocenters. The average molecular weight is 348 g/mol. The molecule has 1 atom stereocenters. The number of carboxylic acids is 1. The summed E-state index contributed by atoms with van der Waals surface area (Å²) in [6.07, 6.45) is -0.429. The van der Waals surface area contributed by atoms with Gasteiger partial charge in [0.05, 0.1) is 4.47 Å². The van der Waals surface area contributed by atoms with Crippen LogP contribution in [-0.2, 0) is 4.79 Å². The first-order chi connectivity index (χ1) is 9.52. The molecule has 5 nitrogen and oxygen atoms in total. The highest BCUT2D eigenvalue weighted by molar-refractivity contribution is 9.10. The molecule has 1 N–H and O–H groups in total. The van der Waals surface area contributed by atoms with Crippen LogP contribution in [-0.4, -0.2) is 29.0 Å². The lowest BCUT2D eigenvalue weighted by Gasteiger charge is -2.15. The summed E-state index contributed by atoms with van der Waals surface area (Å²) in [6, 6.07) is 3.79. The maximum atomic E-state index is 13.5. The Labute approximate surface area is 120 Å². The number of hydrogen-bond donors (Lipinski definition) is 1. The van der Waals surface area contributed by atoms with Crippen LogP contribution in [0.3, 0.4) is 0 Å². The molecule has 0 aliphatic carbocycles. The number of rotatable bonds is 5. The maximum Gasteiger partial charge on any atom is 0.347 e. The molecule has 1 aromatic heterocycles. The molecule has 0 saturated carbocycles. The van der Waals surface area contributed by atoms with Gasteiger partial charge in [0, 0.05) is 17.7 Å². The Hall–Kier alpha value is -1.96. The number of halogens is 3. The minimum absolute atomic E-state index is 0.134. The van der Waals surface area contributed by atoms with Gasteiger partial charge in [-0.1, -0.05) is 5.16 Å². The van der Waals surface area contributed by atoms with Gasteiger partial charge >= 0.3 is 5.97 Å². The van der Waals surface area contributed by atoms with Gasteiger partial charge in [-0.2, -0.15) is 0 Å². The SMILES string of the molecule is O=C(O)[C@H](CF)Oc1cc(F)c(Br)cc1-c1ccon1. The van der Waals surface area contributed by atoms with Gasteiger partial charge < -0.3 is 14.4 Å². The lowest BCUT2D eigenvalue weighted by atomic mass is 10.1. The molecular weight excluding hydrogens is 340 g/mol. The normalized spacial score (nSPS) is 12.2. The van der Waals surface area contributed by atoms with Crippen molar-refractivity contribution in [3.63, 3.8) is 0 Å². The molecule has 0 fully saturated rings. The van der Waals surface area contributed by atoms with Gasteiger partial charge in [-0.3, -0.25) is 0 Å². The van der Waals surface area contributed by atoms with Gasteiger partial charge in [0.2, 0.25) is 6.10 Å². The summed E-state index contributed by atoms with van der Waals surface area (Å²) in [4.78, 5) is 10.8. The molecule has 2 aromatic rings. The van der Waals surface area contributed by atoms with Crippen LogP contribution in [0.25, 0.3) is 11.3 Å². The van der Waals surface area contributed by atoms with E-state index in [9.17, 15) is 13.6 Å². The van der Waals surface area contributed by atoms with Crippen LogP contribution in [0.5, 0.6) is 5.75 Å². The van der Waals surface area contributed by atoms with E-state index in [1.807, 2.05) is 0 Å². The molecular formula is C12H8BrF2NO4. The van der Waals surface area contributed by atoms with Crippen LogP contribution in [0.4, 0.5) is 8.78 Å². The third-order valence-corrected chi connectivity index (χ3v) is 3.03. The number of hydrogen-bond acceptors (Lipinski definition) is 4. The highest BCUT2D eigenvalue weighted by Crippen LogP contribution is 2.34. The van der Waals surface area contributed by atoms with Gasteiger partial charge in [-0.25, -0.2) is 13.6 Å². The summed E-state index contributed by atoms with van der Waals surface area (Å²) in [7, 11) is 0. The highest BCUT2D eigenvalue weighted by atomic mass is 79.9. The standard InChI is InChI=1S/C12H8BrF2NO4/c13-7-3-6(9-1-2-19-16-9)10(4-8(7)15)20-11(5-14)12(17)18/h1-4,11H,5H2,(H,17,18)/t11-/m0/s1. The topological polar surface area (TPSA) is 72.6 Å². The number of carboxylic acid groups (broad SMARTS) is 1. The second-order valence-corrected chi connectivity index (χ2v) is 4.60. The van der Waals surface area contributed by atoms with E-state index in [1.165, 1.54) is 18.4 Å². The quantitative estimate of drug-likeness (QED) is 0.899. The van der Waals surface area contributed by atoms with Crippen LogP contribution in [0.1, 0.15) is 0 Å². The van der Waals surface area contributed by atoms with E-state index >= 15 is 0 Å². The van der Waals surface area contributed by atoms with Crippen molar-refractivity contribution >= 4 is 21.9 Å². The molecule has 20 heavy (non-hydrogen) atoms. The average Bonchev–Trinajstić information content (AvgIpc) is 2.92. The molecule has 0 spiro atoms. The van der Waals surface area contributed by atoms with E-state index in [1.54, 1.807) is 0 Å². The number of alkyl halides is 1. The molecule has 0 radical (unpaired) electrons. The predicted molar refractivity (Wildman–Crippen MR) is 67.6 cm³/mol. The van der Waals surface area contributed by atoms with Crippen molar-refractivity contribution in [2.24, 2.45) is 0 Å². The molecule has 1 heterocycles. The zero-order chi connectivity index (χ0) is 14.7. The number of benzene rings is 1. The van der Waals surface area contributed by atoms with Crippen LogP contribution in [0, 0.1) is 5.82 Å². The molecule has 1 aromatic carbocycles. The Morgan fingerprint density at radius 1 is 1.55 bits per heavy atom. The fourth-order valence-corrected chi connectivity index (χ4v) is 1.82. The fraction of sp³-hybridized carbons (Fsp3) is 0.167. The number of nitrogens with zero attached hydrogens (tertiary/aromatic N) is 1. The van der Waals surface area contributed by atoms with Gasteiger partial charge in [0.1, 0.15) is 30.2 Å². The third-order valence-electron chi connectivity index (χ3n) is 2.42. The summed E-state index contributed by atoms with van der Waals surface area (Å²) in [5.41, 5.74) is 0.593. The Balaban J connectivity index is 2.45. The molecule has 0 aliphatic rings. The second-order valence-electron chi connectivity index (χ2n) is 3.75. The Morgan fingerprint density at radius 3 is 2.85 bits per heavy atom. The summed E-state index contributed by atoms with van der Waals surface area (Å²) in [5, 5.41) is 12.4. The van der Waals surface area contributed by atoms with Gasteiger partial charge in [-0.15, -0.1) is 0 Å². The first-order valence-electron chi connectivity index (χ1n) is 5.38. The van der Waals surface area contributed by atoms with Crippen molar-refractivity contribution in [2.45, 2.75) is 6.10 Å². The molecule has 106 valence electrons. The van der Waals surface area contributed by atoms with E-state index in [0.717, 1.165) is 6.07 Å². The first-order valence-corrected chi connectivity index (χ1v) is 6.17. The van der Waals surface area contributed by atoms with Crippen molar-refractivity contribution in [2.75, 3.05) is 6.67 Å². The Kier molecular flexibility index (Phi) is 4.33. The van der Waals surface area contributed by atoms with E-state index in [-0.39, 0.29) is 15.8 Å². The first kappa shape index (κ1) is 14.4. The monoisotopic (exact) mass is 347 g/mol. The van der Waals surface area contributed by atoms with Crippen LogP contribution in [0.2, 0.25) is 0 Å². The summed E-state index contributed by atoms with van der Waals surface area (Å²) in [5.74, 6) is -2.29. The number of carbonyl (C=O) groups is 1. The molecule has 2 rings (SSSR count). The minimum Gasteiger partial charge on any atom is -0.478 e. The largest absolute Gasteiger partial charge is 0.478 e. The number of aliphatic carboxylic acids is 1. The molecule has 0 saturated heterocycles. The van der Waals surface area contributed by atoms with E-state index in [0.29, 0.717) is 5.69 Å². The van der Waals surface area contributed by atoms with Crippen LogP contribution >= 0.6 is 15.9 Å². The fourth-order valence-electron chi connectivity index (χ4n) is 1.48. The van der Waals surface area contributed by atoms with Crippen molar-refractivity contribution in [1.82, 2.24) is 5.16 Å². The second kappa shape index (κ2) is 6.00. The summed E-state index contributed by atoms with van der Waals surface area (Å²) >= 11 is 3.00. The zero-order valence-corrected chi connectivity index (χ0v) is 11.4. The summed E-state index contributed by atoms with van der Waals surface area (Å²) < 4.78 is 36.0. The van der Waals surface area contributed by atoms with Crippen LogP contribution < -0.4 is 4.74 Å².